The zero-order valence-corrected chi connectivity index (χ0v) is 11.5. The number of aliphatic hydroxyl groups is 1. The highest BCUT2D eigenvalue weighted by atomic mass is 32.1. The Morgan fingerprint density at radius 1 is 1.43 bits per heavy atom. The lowest BCUT2D eigenvalue weighted by atomic mass is 10.2. The van der Waals surface area contributed by atoms with Gasteiger partial charge >= 0.3 is 0 Å². The smallest absolute Gasteiger partial charge is 0.272 e. The number of ether oxygens (including phenoxy) is 1. The van der Waals surface area contributed by atoms with Crippen LogP contribution in [0.15, 0.2) is 29.6 Å². The molecule has 2 rings (SSSR count). The van der Waals surface area contributed by atoms with Gasteiger partial charge in [0.15, 0.2) is 11.6 Å². The molecule has 0 fully saturated rings. The summed E-state index contributed by atoms with van der Waals surface area (Å²) in [4.78, 5) is 10.6. The van der Waals surface area contributed by atoms with Crippen molar-refractivity contribution >= 4 is 17.0 Å². The van der Waals surface area contributed by atoms with Gasteiger partial charge in [-0.1, -0.05) is 11.8 Å². The number of non-ortho nitro benzene ring substituents is 1. The third-order valence-electron chi connectivity index (χ3n) is 2.53. The molecule has 0 spiro atoms. The molecule has 0 amide bonds. The van der Waals surface area contributed by atoms with E-state index in [1.807, 2.05) is 5.38 Å². The van der Waals surface area contributed by atoms with Crippen LogP contribution in [0.3, 0.4) is 0 Å². The summed E-state index contributed by atoms with van der Waals surface area (Å²) in [6.07, 6.45) is 0. The SMILES string of the molecule is O=[N+]([O-])c1ccc(OCc2sccc2C#CCO)c(F)c1. The minimum absolute atomic E-state index is 0.0601. The van der Waals surface area contributed by atoms with Gasteiger partial charge in [-0.2, -0.15) is 0 Å². The van der Waals surface area contributed by atoms with Gasteiger partial charge in [0.05, 0.1) is 15.9 Å². The molecule has 0 radical (unpaired) electrons. The number of nitrogens with zero attached hydrogens (tertiary/aromatic N) is 1. The van der Waals surface area contributed by atoms with E-state index in [9.17, 15) is 14.5 Å². The van der Waals surface area contributed by atoms with Crippen molar-refractivity contribution in [2.24, 2.45) is 0 Å². The van der Waals surface area contributed by atoms with Gasteiger partial charge in [0.25, 0.3) is 5.69 Å². The van der Waals surface area contributed by atoms with Crippen LogP contribution in [0, 0.1) is 27.8 Å². The van der Waals surface area contributed by atoms with Gasteiger partial charge in [-0.25, -0.2) is 4.39 Å². The number of aliphatic hydroxyl groups excluding tert-OH is 1. The van der Waals surface area contributed by atoms with Crippen molar-refractivity contribution in [3.8, 4) is 17.6 Å². The molecule has 1 N–H and O–H groups in total. The van der Waals surface area contributed by atoms with Crippen LogP contribution in [0.1, 0.15) is 10.4 Å². The molecule has 0 aliphatic heterocycles. The zero-order chi connectivity index (χ0) is 15.2. The number of thiophene rings is 1. The largest absolute Gasteiger partial charge is 0.485 e. The molecule has 1 aromatic heterocycles. The average molecular weight is 307 g/mol. The molecule has 1 aromatic carbocycles. The molecular weight excluding hydrogens is 297 g/mol. The first kappa shape index (κ1) is 15.0. The van der Waals surface area contributed by atoms with Gasteiger partial charge in [0.2, 0.25) is 0 Å². The molecule has 0 aliphatic rings. The highest BCUT2D eigenvalue weighted by molar-refractivity contribution is 7.10. The number of rotatable bonds is 4. The van der Waals surface area contributed by atoms with Crippen molar-refractivity contribution in [3.05, 3.63) is 56.0 Å². The summed E-state index contributed by atoms with van der Waals surface area (Å²) in [6.45, 7) is -0.144. The highest BCUT2D eigenvalue weighted by Crippen LogP contribution is 2.25. The van der Waals surface area contributed by atoms with Crippen LogP contribution in [0.4, 0.5) is 10.1 Å². The van der Waals surface area contributed by atoms with Gasteiger partial charge in [-0.15, -0.1) is 11.3 Å². The fraction of sp³-hybridized carbons (Fsp3) is 0.143. The van der Waals surface area contributed by atoms with Crippen LogP contribution in [-0.4, -0.2) is 16.6 Å². The van der Waals surface area contributed by atoms with E-state index in [0.717, 1.165) is 10.9 Å². The standard InChI is InChI=1S/C14H10FNO4S/c15-12-8-11(16(18)19)3-4-13(12)20-9-14-10(2-1-6-17)5-7-21-14/h3-5,7-8,17H,6,9H2. The molecule has 5 nitrogen and oxygen atoms in total. The Bertz CT molecular complexity index is 717. The van der Waals surface area contributed by atoms with E-state index in [1.54, 1.807) is 6.07 Å². The van der Waals surface area contributed by atoms with Crippen molar-refractivity contribution in [2.45, 2.75) is 6.61 Å². The van der Waals surface area contributed by atoms with Gasteiger partial charge in [-0.3, -0.25) is 10.1 Å². The van der Waals surface area contributed by atoms with Crippen LogP contribution in [-0.2, 0) is 6.61 Å². The monoisotopic (exact) mass is 307 g/mol. The van der Waals surface area contributed by atoms with Gasteiger partial charge < -0.3 is 9.84 Å². The molecule has 0 aliphatic carbocycles. The maximum Gasteiger partial charge on any atom is 0.272 e. The summed E-state index contributed by atoms with van der Waals surface area (Å²) >= 11 is 1.39. The lowest BCUT2D eigenvalue weighted by molar-refractivity contribution is -0.385. The van der Waals surface area contributed by atoms with Gasteiger partial charge in [-0.05, 0) is 17.5 Å². The topological polar surface area (TPSA) is 72.6 Å². The van der Waals surface area contributed by atoms with Crippen molar-refractivity contribution in [1.29, 1.82) is 0 Å². The molecule has 1 heterocycles. The van der Waals surface area contributed by atoms with Crippen LogP contribution >= 0.6 is 11.3 Å². The van der Waals surface area contributed by atoms with Gasteiger partial charge in [0, 0.05) is 11.6 Å². The summed E-state index contributed by atoms with van der Waals surface area (Å²) in [5.41, 5.74) is 0.377. The lowest BCUT2D eigenvalue weighted by Crippen LogP contribution is -1.98. The summed E-state index contributed by atoms with van der Waals surface area (Å²) in [6, 6.07) is 4.99. The molecule has 0 saturated heterocycles. The predicted molar refractivity (Wildman–Crippen MR) is 75.7 cm³/mol. The number of nitro groups is 1. The highest BCUT2D eigenvalue weighted by Gasteiger charge is 2.12. The second-order valence-electron chi connectivity index (χ2n) is 3.88. The summed E-state index contributed by atoms with van der Waals surface area (Å²) in [5.74, 6) is 4.45. The maximum absolute atomic E-state index is 13.7. The zero-order valence-electron chi connectivity index (χ0n) is 10.7. The van der Waals surface area contributed by atoms with E-state index >= 15 is 0 Å². The summed E-state index contributed by atoms with van der Waals surface area (Å²) in [5, 5.41) is 21.0. The Kier molecular flexibility index (Phi) is 4.87. The number of nitro benzene ring substituents is 1. The average Bonchev–Trinajstić information content (AvgIpc) is 2.91. The first-order valence-electron chi connectivity index (χ1n) is 5.84. The summed E-state index contributed by atoms with van der Waals surface area (Å²) in [7, 11) is 0. The van der Waals surface area contributed by atoms with Crippen molar-refractivity contribution in [3.63, 3.8) is 0 Å². The van der Waals surface area contributed by atoms with Crippen molar-refractivity contribution in [2.75, 3.05) is 6.61 Å². The maximum atomic E-state index is 13.7. The lowest BCUT2D eigenvalue weighted by Gasteiger charge is -2.06. The Hall–Kier alpha value is -2.43. The molecule has 0 atom stereocenters. The van der Waals surface area contributed by atoms with E-state index < -0.39 is 10.7 Å². The molecule has 0 unspecified atom stereocenters. The fourth-order valence-corrected chi connectivity index (χ4v) is 2.30. The van der Waals surface area contributed by atoms with Crippen molar-refractivity contribution < 1.29 is 19.2 Å². The Morgan fingerprint density at radius 3 is 2.90 bits per heavy atom. The normalized spacial score (nSPS) is 9.81. The molecule has 0 bridgehead atoms. The molecule has 21 heavy (non-hydrogen) atoms. The van der Waals surface area contributed by atoms with E-state index in [2.05, 4.69) is 11.8 Å². The Balaban J connectivity index is 2.10. The second-order valence-corrected chi connectivity index (χ2v) is 4.88. The quantitative estimate of drug-likeness (QED) is 0.535. The van der Waals surface area contributed by atoms with Crippen LogP contribution in [0.25, 0.3) is 0 Å². The third-order valence-corrected chi connectivity index (χ3v) is 3.43. The van der Waals surface area contributed by atoms with Gasteiger partial charge in [0.1, 0.15) is 13.2 Å². The molecule has 108 valence electrons. The number of halogens is 1. The van der Waals surface area contributed by atoms with Crippen molar-refractivity contribution in [1.82, 2.24) is 0 Å². The second kappa shape index (κ2) is 6.83. The molecule has 0 saturated carbocycles. The third kappa shape index (κ3) is 3.78. The Labute approximate surface area is 123 Å². The van der Waals surface area contributed by atoms with E-state index in [1.165, 1.54) is 23.5 Å². The molecular formula is C14H10FNO4S. The minimum atomic E-state index is -0.788. The first-order valence-corrected chi connectivity index (χ1v) is 6.72. The fourth-order valence-electron chi connectivity index (χ4n) is 1.56. The van der Waals surface area contributed by atoms with Crippen LogP contribution in [0.2, 0.25) is 0 Å². The van der Waals surface area contributed by atoms with E-state index in [4.69, 9.17) is 9.84 Å². The van der Waals surface area contributed by atoms with E-state index in [0.29, 0.717) is 5.56 Å². The van der Waals surface area contributed by atoms with E-state index in [-0.39, 0.29) is 24.7 Å². The number of hydrogen-bond acceptors (Lipinski definition) is 5. The summed E-state index contributed by atoms with van der Waals surface area (Å²) < 4.78 is 19.0. The van der Waals surface area contributed by atoms with Crippen LogP contribution < -0.4 is 4.74 Å². The minimum Gasteiger partial charge on any atom is -0.485 e. The molecule has 2 aromatic rings. The number of hydrogen-bond donors (Lipinski definition) is 1. The molecule has 7 heteroatoms. The Morgan fingerprint density at radius 2 is 2.24 bits per heavy atom. The predicted octanol–water partition coefficient (Wildman–Crippen LogP) is 2.72. The van der Waals surface area contributed by atoms with Crippen LogP contribution in [0.5, 0.6) is 5.75 Å². The first-order chi connectivity index (χ1) is 10.1. The number of benzene rings is 1.